The lowest BCUT2D eigenvalue weighted by Gasteiger charge is -2.29. The molecular formula is C16H21NO2S. The van der Waals surface area contributed by atoms with Gasteiger partial charge in [0, 0.05) is 12.7 Å². The second-order valence-electron chi connectivity index (χ2n) is 6.02. The van der Waals surface area contributed by atoms with Gasteiger partial charge in [0.05, 0.1) is 4.90 Å². The molecule has 0 radical (unpaired) electrons. The Morgan fingerprint density at radius 2 is 1.80 bits per heavy atom. The molecular weight excluding hydrogens is 270 g/mol. The highest BCUT2D eigenvalue weighted by molar-refractivity contribution is 7.89. The molecule has 1 aromatic carbocycles. The lowest BCUT2D eigenvalue weighted by Crippen LogP contribution is -2.32. The number of benzene rings is 1. The van der Waals surface area contributed by atoms with Crippen LogP contribution in [0.15, 0.2) is 40.9 Å². The number of allylic oxidation sites excluding steroid dienone is 1. The molecule has 1 aromatic rings. The number of aryl methyl sites for hydroxylation is 1. The average molecular weight is 291 g/mol. The third-order valence-electron chi connectivity index (χ3n) is 4.61. The van der Waals surface area contributed by atoms with Crippen LogP contribution in [0.4, 0.5) is 0 Å². The number of fused-ring (bicyclic) bond motifs is 1. The SMILES string of the molecule is Cc1ccc(S(=O)(=O)N2C=C3C(C)CCC3CC2)cc1. The summed E-state index contributed by atoms with van der Waals surface area (Å²) < 4.78 is 26.9. The quantitative estimate of drug-likeness (QED) is 0.838. The average Bonchev–Trinajstić information content (AvgIpc) is 2.80. The lowest BCUT2D eigenvalue weighted by molar-refractivity contribution is 0.417. The summed E-state index contributed by atoms with van der Waals surface area (Å²) in [6.07, 6.45) is 5.27. The molecule has 2 unspecified atom stereocenters. The molecule has 2 atom stereocenters. The fourth-order valence-corrected chi connectivity index (χ4v) is 4.64. The fourth-order valence-electron chi connectivity index (χ4n) is 3.28. The van der Waals surface area contributed by atoms with Crippen LogP contribution >= 0.6 is 0 Å². The minimum absolute atomic E-state index is 0.393. The highest BCUT2D eigenvalue weighted by Gasteiger charge is 2.34. The van der Waals surface area contributed by atoms with E-state index in [4.69, 9.17) is 0 Å². The molecule has 108 valence electrons. The molecule has 1 fully saturated rings. The van der Waals surface area contributed by atoms with Crippen LogP contribution in [0.25, 0.3) is 0 Å². The molecule has 1 aliphatic carbocycles. The summed E-state index contributed by atoms with van der Waals surface area (Å²) in [5.74, 6) is 1.13. The van der Waals surface area contributed by atoms with Gasteiger partial charge in [0.2, 0.25) is 0 Å². The van der Waals surface area contributed by atoms with E-state index in [1.54, 1.807) is 16.4 Å². The van der Waals surface area contributed by atoms with Gasteiger partial charge in [-0.05, 0) is 55.7 Å². The summed E-state index contributed by atoms with van der Waals surface area (Å²) in [5.41, 5.74) is 2.40. The Bertz CT molecular complexity index is 631. The van der Waals surface area contributed by atoms with Gasteiger partial charge < -0.3 is 0 Å². The van der Waals surface area contributed by atoms with E-state index in [-0.39, 0.29) is 0 Å². The molecule has 2 aliphatic rings. The van der Waals surface area contributed by atoms with Gasteiger partial charge in [0.25, 0.3) is 10.0 Å². The van der Waals surface area contributed by atoms with E-state index in [2.05, 4.69) is 6.92 Å². The maximum Gasteiger partial charge on any atom is 0.263 e. The zero-order valence-electron chi connectivity index (χ0n) is 12.0. The van der Waals surface area contributed by atoms with Gasteiger partial charge in [-0.1, -0.05) is 24.6 Å². The minimum Gasteiger partial charge on any atom is -0.273 e. The molecule has 0 aromatic heterocycles. The summed E-state index contributed by atoms with van der Waals surface area (Å²) in [7, 11) is -3.38. The van der Waals surface area contributed by atoms with E-state index in [1.165, 1.54) is 18.4 Å². The van der Waals surface area contributed by atoms with E-state index < -0.39 is 10.0 Å². The van der Waals surface area contributed by atoms with Gasteiger partial charge in [-0.25, -0.2) is 8.42 Å². The Kier molecular flexibility index (Phi) is 3.36. The first-order chi connectivity index (χ1) is 9.48. The molecule has 3 rings (SSSR count). The summed E-state index contributed by atoms with van der Waals surface area (Å²) in [6.45, 7) is 4.77. The van der Waals surface area contributed by atoms with Gasteiger partial charge >= 0.3 is 0 Å². The molecule has 0 saturated heterocycles. The Balaban J connectivity index is 1.94. The topological polar surface area (TPSA) is 37.4 Å². The van der Waals surface area contributed by atoms with Crippen LogP contribution in [0, 0.1) is 18.8 Å². The smallest absolute Gasteiger partial charge is 0.263 e. The fraction of sp³-hybridized carbons (Fsp3) is 0.500. The van der Waals surface area contributed by atoms with E-state index in [9.17, 15) is 8.42 Å². The lowest BCUT2D eigenvalue weighted by atomic mass is 9.94. The van der Waals surface area contributed by atoms with E-state index >= 15 is 0 Å². The molecule has 0 amide bonds. The number of sulfonamides is 1. The molecule has 3 nitrogen and oxygen atoms in total. The van der Waals surface area contributed by atoms with Gasteiger partial charge in [-0.3, -0.25) is 4.31 Å². The first-order valence-corrected chi connectivity index (χ1v) is 8.72. The van der Waals surface area contributed by atoms with Crippen molar-refractivity contribution in [3.05, 3.63) is 41.6 Å². The predicted molar refractivity (Wildman–Crippen MR) is 79.7 cm³/mol. The van der Waals surface area contributed by atoms with Crippen LogP contribution in [-0.4, -0.2) is 19.3 Å². The molecule has 4 heteroatoms. The van der Waals surface area contributed by atoms with Crippen LogP contribution in [0.5, 0.6) is 0 Å². The second-order valence-corrected chi connectivity index (χ2v) is 7.91. The van der Waals surface area contributed by atoms with Crippen molar-refractivity contribution in [2.45, 2.75) is 38.0 Å². The van der Waals surface area contributed by atoms with Gasteiger partial charge in [-0.15, -0.1) is 0 Å². The third-order valence-corrected chi connectivity index (χ3v) is 6.38. The maximum absolute atomic E-state index is 12.7. The van der Waals surface area contributed by atoms with Crippen LogP contribution in [-0.2, 0) is 10.0 Å². The van der Waals surface area contributed by atoms with Crippen molar-refractivity contribution >= 4 is 10.0 Å². The van der Waals surface area contributed by atoms with E-state index in [1.807, 2.05) is 25.3 Å². The summed E-state index contributed by atoms with van der Waals surface area (Å²) in [6, 6.07) is 7.11. The Morgan fingerprint density at radius 1 is 1.10 bits per heavy atom. The van der Waals surface area contributed by atoms with E-state index in [0.717, 1.165) is 12.0 Å². The zero-order chi connectivity index (χ0) is 14.3. The molecule has 1 heterocycles. The normalized spacial score (nSPS) is 26.3. The second kappa shape index (κ2) is 4.92. The molecule has 1 saturated carbocycles. The predicted octanol–water partition coefficient (Wildman–Crippen LogP) is 3.32. The van der Waals surface area contributed by atoms with Crippen molar-refractivity contribution in [2.24, 2.45) is 11.8 Å². The highest BCUT2D eigenvalue weighted by Crippen LogP contribution is 2.41. The van der Waals surface area contributed by atoms with Crippen LogP contribution in [0.2, 0.25) is 0 Å². The maximum atomic E-state index is 12.7. The van der Waals surface area contributed by atoms with Gasteiger partial charge in [0.15, 0.2) is 0 Å². The highest BCUT2D eigenvalue weighted by atomic mass is 32.2. The largest absolute Gasteiger partial charge is 0.273 e. The Hall–Kier alpha value is -1.29. The molecule has 0 N–H and O–H groups in total. The summed E-state index contributed by atoms with van der Waals surface area (Å²) in [4.78, 5) is 0.393. The minimum atomic E-state index is -3.38. The van der Waals surface area contributed by atoms with Crippen molar-refractivity contribution in [2.75, 3.05) is 6.54 Å². The van der Waals surface area contributed by atoms with Crippen LogP contribution in [0.1, 0.15) is 31.7 Å². The van der Waals surface area contributed by atoms with E-state index in [0.29, 0.717) is 23.3 Å². The molecule has 0 bridgehead atoms. The summed E-state index contributed by atoms with van der Waals surface area (Å²) in [5, 5.41) is 0. The van der Waals surface area contributed by atoms with Crippen molar-refractivity contribution in [3.8, 4) is 0 Å². The Labute approximate surface area is 121 Å². The Morgan fingerprint density at radius 3 is 2.50 bits per heavy atom. The van der Waals surface area contributed by atoms with Crippen molar-refractivity contribution < 1.29 is 8.42 Å². The van der Waals surface area contributed by atoms with Crippen molar-refractivity contribution in [1.82, 2.24) is 4.31 Å². The van der Waals surface area contributed by atoms with Crippen LogP contribution < -0.4 is 0 Å². The standard InChI is InChI=1S/C16H21NO2S/c1-12-3-7-15(8-4-12)20(18,19)17-10-9-14-6-5-13(2)16(14)11-17/h3-4,7-8,11,13-14H,5-6,9-10H2,1-2H3. The molecule has 0 spiro atoms. The first kappa shape index (κ1) is 13.7. The zero-order valence-corrected chi connectivity index (χ0v) is 12.9. The van der Waals surface area contributed by atoms with Crippen molar-refractivity contribution in [3.63, 3.8) is 0 Å². The monoisotopic (exact) mass is 291 g/mol. The first-order valence-electron chi connectivity index (χ1n) is 7.28. The van der Waals surface area contributed by atoms with Crippen molar-refractivity contribution in [1.29, 1.82) is 0 Å². The number of hydrogen-bond acceptors (Lipinski definition) is 2. The number of rotatable bonds is 2. The van der Waals surface area contributed by atoms with Gasteiger partial charge in [0.1, 0.15) is 0 Å². The molecule has 1 aliphatic heterocycles. The number of nitrogens with zero attached hydrogens (tertiary/aromatic N) is 1. The van der Waals surface area contributed by atoms with Crippen LogP contribution in [0.3, 0.4) is 0 Å². The summed E-state index contributed by atoms with van der Waals surface area (Å²) >= 11 is 0. The number of hydrogen-bond donors (Lipinski definition) is 0. The molecule has 20 heavy (non-hydrogen) atoms. The third kappa shape index (κ3) is 2.26. The van der Waals surface area contributed by atoms with Gasteiger partial charge in [-0.2, -0.15) is 0 Å².